The van der Waals surface area contributed by atoms with E-state index >= 15 is 0 Å². The lowest BCUT2D eigenvalue weighted by Crippen LogP contribution is -2.30. The summed E-state index contributed by atoms with van der Waals surface area (Å²) >= 11 is 0. The Kier molecular flexibility index (Phi) is 6.70. The number of aliphatic carboxylic acids is 1. The van der Waals surface area contributed by atoms with Gasteiger partial charge in [-0.15, -0.1) is 0 Å². The van der Waals surface area contributed by atoms with Gasteiger partial charge in [0.1, 0.15) is 0 Å². The SMILES string of the molecule is Cc1ccc(S(=O)(=O)C(CCCCCc2cccc3ccccc23)C(=O)O)cc1. The third kappa shape index (κ3) is 5.04. The Bertz CT molecular complexity index is 1080. The number of sulfone groups is 1. The summed E-state index contributed by atoms with van der Waals surface area (Å²) in [7, 11) is -3.88. The van der Waals surface area contributed by atoms with Crippen LogP contribution in [0.4, 0.5) is 0 Å². The molecule has 0 saturated carbocycles. The van der Waals surface area contributed by atoms with Gasteiger partial charge in [0.25, 0.3) is 0 Å². The molecule has 0 heterocycles. The summed E-state index contributed by atoms with van der Waals surface area (Å²) in [6.07, 6.45) is 3.26. The number of carboxylic acid groups (broad SMARTS) is 1. The first-order chi connectivity index (χ1) is 13.9. The van der Waals surface area contributed by atoms with E-state index in [9.17, 15) is 18.3 Å². The normalized spacial score (nSPS) is 12.7. The van der Waals surface area contributed by atoms with Crippen molar-refractivity contribution in [3.63, 3.8) is 0 Å². The molecule has 0 aromatic heterocycles. The molecule has 3 rings (SSSR count). The number of fused-ring (bicyclic) bond motifs is 1. The van der Waals surface area contributed by atoms with E-state index in [1.54, 1.807) is 12.1 Å². The van der Waals surface area contributed by atoms with E-state index < -0.39 is 21.1 Å². The number of carboxylic acids is 1. The van der Waals surface area contributed by atoms with E-state index in [-0.39, 0.29) is 11.3 Å². The van der Waals surface area contributed by atoms with Crippen molar-refractivity contribution in [2.75, 3.05) is 0 Å². The number of hydrogen-bond donors (Lipinski definition) is 1. The van der Waals surface area contributed by atoms with Gasteiger partial charge < -0.3 is 5.11 Å². The molecule has 0 bridgehead atoms. The minimum Gasteiger partial charge on any atom is -0.480 e. The van der Waals surface area contributed by atoms with Crippen molar-refractivity contribution in [3.8, 4) is 0 Å². The number of carbonyl (C=O) groups is 1. The molecule has 4 nitrogen and oxygen atoms in total. The molecule has 0 aliphatic carbocycles. The third-order valence-corrected chi connectivity index (χ3v) is 7.41. The molecule has 0 radical (unpaired) electrons. The topological polar surface area (TPSA) is 71.4 Å². The van der Waals surface area contributed by atoms with Gasteiger partial charge in [0, 0.05) is 0 Å². The molecular weight excluding hydrogens is 384 g/mol. The minimum absolute atomic E-state index is 0.0752. The van der Waals surface area contributed by atoms with Crippen LogP contribution in [0.25, 0.3) is 10.8 Å². The highest BCUT2D eigenvalue weighted by Gasteiger charge is 2.33. The van der Waals surface area contributed by atoms with Crippen LogP contribution in [0.5, 0.6) is 0 Å². The fourth-order valence-corrected chi connectivity index (χ4v) is 5.22. The first-order valence-electron chi connectivity index (χ1n) is 9.89. The Hall–Kier alpha value is -2.66. The zero-order valence-corrected chi connectivity index (χ0v) is 17.4. The van der Waals surface area contributed by atoms with Gasteiger partial charge >= 0.3 is 5.97 Å². The average Bonchev–Trinajstić information content (AvgIpc) is 2.70. The smallest absolute Gasteiger partial charge is 0.322 e. The van der Waals surface area contributed by atoms with Gasteiger partial charge in [0.15, 0.2) is 15.1 Å². The Labute approximate surface area is 172 Å². The van der Waals surface area contributed by atoms with Crippen LogP contribution in [0.3, 0.4) is 0 Å². The van der Waals surface area contributed by atoms with Crippen molar-refractivity contribution < 1.29 is 18.3 Å². The summed E-state index contributed by atoms with van der Waals surface area (Å²) in [6.45, 7) is 1.86. The largest absolute Gasteiger partial charge is 0.480 e. The van der Waals surface area contributed by atoms with Crippen molar-refractivity contribution in [2.45, 2.75) is 49.2 Å². The third-order valence-electron chi connectivity index (χ3n) is 5.29. The van der Waals surface area contributed by atoms with Crippen LogP contribution in [0, 0.1) is 6.92 Å². The van der Waals surface area contributed by atoms with Crippen LogP contribution in [0.1, 0.15) is 36.8 Å². The Morgan fingerprint density at radius 3 is 2.31 bits per heavy atom. The van der Waals surface area contributed by atoms with Crippen LogP contribution in [0.15, 0.2) is 71.6 Å². The maximum Gasteiger partial charge on any atom is 0.322 e. The predicted molar refractivity (Wildman–Crippen MR) is 116 cm³/mol. The lowest BCUT2D eigenvalue weighted by molar-refractivity contribution is -0.136. The van der Waals surface area contributed by atoms with Gasteiger partial charge in [-0.3, -0.25) is 4.79 Å². The molecule has 5 heteroatoms. The molecule has 1 atom stereocenters. The fraction of sp³-hybridized carbons (Fsp3) is 0.292. The van der Waals surface area contributed by atoms with E-state index in [1.807, 2.05) is 25.1 Å². The van der Waals surface area contributed by atoms with Gasteiger partial charge in [-0.2, -0.15) is 0 Å². The van der Waals surface area contributed by atoms with Gasteiger partial charge in [-0.25, -0.2) is 8.42 Å². The molecule has 0 fully saturated rings. The van der Waals surface area contributed by atoms with E-state index in [2.05, 4.69) is 24.3 Å². The van der Waals surface area contributed by atoms with Crippen molar-refractivity contribution >= 4 is 26.6 Å². The molecule has 152 valence electrons. The van der Waals surface area contributed by atoms with Crippen molar-refractivity contribution in [3.05, 3.63) is 77.9 Å². The molecule has 0 spiro atoms. The minimum atomic E-state index is -3.88. The van der Waals surface area contributed by atoms with E-state index in [1.165, 1.54) is 28.5 Å². The molecule has 0 aliphatic rings. The first kappa shape index (κ1) is 21.1. The monoisotopic (exact) mass is 410 g/mol. The highest BCUT2D eigenvalue weighted by atomic mass is 32.2. The molecule has 0 aliphatic heterocycles. The molecule has 1 N–H and O–H groups in total. The second kappa shape index (κ2) is 9.23. The van der Waals surface area contributed by atoms with Gasteiger partial charge in [0.05, 0.1) is 4.90 Å². The Morgan fingerprint density at radius 1 is 0.897 bits per heavy atom. The summed E-state index contributed by atoms with van der Waals surface area (Å²) in [6, 6.07) is 20.9. The average molecular weight is 411 g/mol. The highest BCUT2D eigenvalue weighted by Crippen LogP contribution is 2.23. The number of benzene rings is 3. The van der Waals surface area contributed by atoms with Crippen molar-refractivity contribution in [2.24, 2.45) is 0 Å². The maximum absolute atomic E-state index is 12.7. The van der Waals surface area contributed by atoms with Crippen LogP contribution in [0.2, 0.25) is 0 Å². The first-order valence-corrected chi connectivity index (χ1v) is 11.4. The molecular formula is C24H26O4S. The zero-order valence-electron chi connectivity index (χ0n) is 16.5. The van der Waals surface area contributed by atoms with Crippen LogP contribution < -0.4 is 0 Å². The standard InChI is InChI=1S/C24H26O4S/c1-18-14-16-21(17-15-18)29(27,28)23(24(25)26)13-4-2-3-8-19-10-7-11-20-9-5-6-12-22(19)20/h5-7,9-12,14-17,23H,2-4,8,13H2,1H3,(H,25,26). The van der Waals surface area contributed by atoms with E-state index in [4.69, 9.17) is 0 Å². The van der Waals surface area contributed by atoms with Gasteiger partial charge in [0.2, 0.25) is 0 Å². The number of unbranched alkanes of at least 4 members (excludes halogenated alkanes) is 2. The number of hydrogen-bond acceptors (Lipinski definition) is 3. The quantitative estimate of drug-likeness (QED) is 0.494. The van der Waals surface area contributed by atoms with Crippen LogP contribution in [-0.4, -0.2) is 24.7 Å². The van der Waals surface area contributed by atoms with E-state index in [0.717, 1.165) is 24.8 Å². The molecule has 0 saturated heterocycles. The number of rotatable bonds is 9. The molecule has 0 amide bonds. The lowest BCUT2D eigenvalue weighted by Gasteiger charge is -2.14. The van der Waals surface area contributed by atoms with Crippen LogP contribution in [-0.2, 0) is 21.1 Å². The second-order valence-electron chi connectivity index (χ2n) is 7.42. The van der Waals surface area contributed by atoms with Crippen molar-refractivity contribution in [1.82, 2.24) is 0 Å². The van der Waals surface area contributed by atoms with Gasteiger partial charge in [-0.05, 0) is 54.7 Å². The molecule has 3 aromatic rings. The lowest BCUT2D eigenvalue weighted by atomic mass is 9.99. The number of aryl methyl sites for hydroxylation is 2. The summed E-state index contributed by atoms with van der Waals surface area (Å²) < 4.78 is 25.5. The fourth-order valence-electron chi connectivity index (χ4n) is 3.64. The molecule has 3 aromatic carbocycles. The summed E-state index contributed by atoms with van der Waals surface area (Å²) in [4.78, 5) is 11.7. The molecule has 29 heavy (non-hydrogen) atoms. The Balaban J connectivity index is 1.59. The second-order valence-corrected chi connectivity index (χ2v) is 9.55. The van der Waals surface area contributed by atoms with Crippen LogP contribution >= 0.6 is 0 Å². The summed E-state index contributed by atoms with van der Waals surface area (Å²) in [5.74, 6) is -1.28. The Morgan fingerprint density at radius 2 is 1.59 bits per heavy atom. The highest BCUT2D eigenvalue weighted by molar-refractivity contribution is 7.92. The summed E-state index contributed by atoms with van der Waals surface area (Å²) in [5, 5.41) is 10.5. The summed E-state index contributed by atoms with van der Waals surface area (Å²) in [5.41, 5.74) is 2.20. The van der Waals surface area contributed by atoms with Crippen molar-refractivity contribution in [1.29, 1.82) is 0 Å². The van der Waals surface area contributed by atoms with E-state index in [0.29, 0.717) is 6.42 Å². The van der Waals surface area contributed by atoms with Gasteiger partial charge in [-0.1, -0.05) is 73.0 Å². The molecule has 1 unspecified atom stereocenters. The zero-order chi connectivity index (χ0) is 20.9. The maximum atomic E-state index is 12.7. The predicted octanol–water partition coefficient (Wildman–Crippen LogP) is 5.18.